The second-order valence-electron chi connectivity index (χ2n) is 6.60. The summed E-state index contributed by atoms with van der Waals surface area (Å²) in [5.41, 5.74) is 6.44. The van der Waals surface area contributed by atoms with Crippen molar-refractivity contribution in [2.24, 2.45) is 29.4 Å². The summed E-state index contributed by atoms with van der Waals surface area (Å²) in [4.78, 5) is 0.308. The number of hydrogen-bond acceptors (Lipinski definition) is 3. The van der Waals surface area contributed by atoms with Gasteiger partial charge in [0.1, 0.15) is 0 Å². The van der Waals surface area contributed by atoms with Crippen LogP contribution in [0.2, 0.25) is 0 Å². The molecule has 4 unspecified atom stereocenters. The molecule has 0 amide bonds. The molecule has 1 aromatic rings. The number of halogens is 1. The van der Waals surface area contributed by atoms with Crippen LogP contribution in [0.25, 0.3) is 0 Å². The minimum absolute atomic E-state index is 0.162. The highest BCUT2D eigenvalue weighted by Gasteiger charge is 2.65. The quantitative estimate of drug-likeness (QED) is 0.853. The van der Waals surface area contributed by atoms with E-state index in [0.717, 1.165) is 17.4 Å². The Kier molecular flexibility index (Phi) is 3.23. The zero-order valence-corrected chi connectivity index (χ0v) is 14.0. The zero-order chi connectivity index (χ0) is 14.8. The van der Waals surface area contributed by atoms with Crippen molar-refractivity contribution in [3.05, 3.63) is 28.2 Å². The maximum Gasteiger partial charge on any atom is 0.241 e. The van der Waals surface area contributed by atoms with Crippen molar-refractivity contribution in [2.45, 2.75) is 36.7 Å². The number of benzene rings is 1. The Balaban J connectivity index is 1.58. The van der Waals surface area contributed by atoms with Gasteiger partial charge in [0, 0.05) is 17.1 Å². The lowest BCUT2D eigenvalue weighted by Gasteiger charge is -2.13. The molecule has 3 aliphatic carbocycles. The molecule has 4 nitrogen and oxygen atoms in total. The van der Waals surface area contributed by atoms with E-state index in [1.165, 1.54) is 19.3 Å². The Morgan fingerprint density at radius 1 is 1.24 bits per heavy atom. The van der Waals surface area contributed by atoms with Gasteiger partial charge in [0.2, 0.25) is 10.0 Å². The molecule has 2 bridgehead atoms. The Labute approximate surface area is 133 Å². The van der Waals surface area contributed by atoms with Crippen LogP contribution >= 0.6 is 15.9 Å². The molecular formula is C15H19BrN2O2S. The predicted octanol–water partition coefficient (Wildman–Crippen LogP) is 2.23. The maximum atomic E-state index is 12.7. The van der Waals surface area contributed by atoms with Crippen LogP contribution in [0.1, 0.15) is 24.8 Å². The third-order valence-electron chi connectivity index (χ3n) is 5.55. The summed E-state index contributed by atoms with van der Waals surface area (Å²) in [6.45, 7) is 0.342. The van der Waals surface area contributed by atoms with E-state index in [2.05, 4.69) is 20.7 Å². The highest BCUT2D eigenvalue weighted by molar-refractivity contribution is 9.10. The van der Waals surface area contributed by atoms with E-state index in [4.69, 9.17) is 5.73 Å². The first-order chi connectivity index (χ1) is 10.0. The molecule has 0 aliphatic heterocycles. The van der Waals surface area contributed by atoms with Crippen molar-refractivity contribution in [3.8, 4) is 0 Å². The van der Waals surface area contributed by atoms with Crippen LogP contribution in [0, 0.1) is 23.7 Å². The number of rotatable bonds is 4. The molecule has 0 spiro atoms. The summed E-state index contributed by atoms with van der Waals surface area (Å²) in [5.74, 6) is 2.70. The molecule has 1 aromatic carbocycles. The normalized spacial score (nSPS) is 36.8. The lowest BCUT2D eigenvalue weighted by Crippen LogP contribution is -2.30. The summed E-state index contributed by atoms with van der Waals surface area (Å²) in [6.07, 6.45) is 3.90. The first kappa shape index (κ1) is 14.2. The van der Waals surface area contributed by atoms with E-state index in [-0.39, 0.29) is 6.04 Å². The second kappa shape index (κ2) is 4.78. The molecule has 114 valence electrons. The summed E-state index contributed by atoms with van der Waals surface area (Å²) >= 11 is 3.34. The molecule has 4 atom stereocenters. The van der Waals surface area contributed by atoms with Crippen LogP contribution in [-0.2, 0) is 16.6 Å². The molecule has 3 N–H and O–H groups in total. The Hall–Kier alpha value is -0.430. The SMILES string of the molecule is NCc1ccc(Br)c(S(=O)(=O)NC2C3C4CCC(C4)C23)c1. The summed E-state index contributed by atoms with van der Waals surface area (Å²) in [5, 5.41) is 0. The van der Waals surface area contributed by atoms with Gasteiger partial charge < -0.3 is 5.73 Å². The molecule has 6 heteroatoms. The van der Waals surface area contributed by atoms with E-state index in [0.29, 0.717) is 27.7 Å². The third kappa shape index (κ3) is 2.19. The van der Waals surface area contributed by atoms with Crippen molar-refractivity contribution < 1.29 is 8.42 Å². The summed E-state index contributed by atoms with van der Waals surface area (Å²) in [6, 6.07) is 5.43. The first-order valence-electron chi connectivity index (χ1n) is 7.52. The third-order valence-corrected chi connectivity index (χ3v) is 8.00. The smallest absolute Gasteiger partial charge is 0.241 e. The predicted molar refractivity (Wildman–Crippen MR) is 84.0 cm³/mol. The molecule has 0 heterocycles. The molecule has 0 saturated heterocycles. The highest BCUT2D eigenvalue weighted by Crippen LogP contribution is 2.65. The molecule has 21 heavy (non-hydrogen) atoms. The van der Waals surface area contributed by atoms with Crippen molar-refractivity contribution in [3.63, 3.8) is 0 Å². The van der Waals surface area contributed by atoms with Crippen LogP contribution < -0.4 is 10.5 Å². The van der Waals surface area contributed by atoms with Crippen LogP contribution in [0.4, 0.5) is 0 Å². The standard InChI is InChI=1S/C15H19BrN2O2S/c16-11-4-1-8(7-17)5-12(11)21(19,20)18-15-13-9-2-3-10(6-9)14(13)15/h1,4-5,9-10,13-15,18H,2-3,6-7,17H2. The van der Waals surface area contributed by atoms with Crippen LogP contribution in [0.15, 0.2) is 27.6 Å². The van der Waals surface area contributed by atoms with E-state index in [9.17, 15) is 8.42 Å². The van der Waals surface area contributed by atoms with Gasteiger partial charge in [-0.25, -0.2) is 13.1 Å². The molecular weight excluding hydrogens is 352 g/mol. The number of fused-ring (bicyclic) bond motifs is 5. The fourth-order valence-corrected chi connectivity index (χ4v) is 6.92. The molecule has 0 radical (unpaired) electrons. The van der Waals surface area contributed by atoms with E-state index in [1.807, 2.05) is 6.07 Å². The number of nitrogens with two attached hydrogens (primary N) is 1. The van der Waals surface area contributed by atoms with Crippen LogP contribution in [0.5, 0.6) is 0 Å². The Morgan fingerprint density at radius 3 is 2.52 bits per heavy atom. The van der Waals surface area contributed by atoms with Crippen LogP contribution in [0.3, 0.4) is 0 Å². The summed E-state index contributed by atoms with van der Waals surface area (Å²) in [7, 11) is -3.47. The molecule has 0 aromatic heterocycles. The zero-order valence-electron chi connectivity index (χ0n) is 11.6. The van der Waals surface area contributed by atoms with Gasteiger partial charge in [0.05, 0.1) is 4.90 Å². The monoisotopic (exact) mass is 370 g/mol. The minimum atomic E-state index is -3.47. The average Bonchev–Trinajstić information content (AvgIpc) is 2.85. The van der Waals surface area contributed by atoms with Crippen LogP contribution in [-0.4, -0.2) is 14.5 Å². The van der Waals surface area contributed by atoms with Gasteiger partial charge in [0.15, 0.2) is 0 Å². The molecule has 3 aliphatic rings. The first-order valence-corrected chi connectivity index (χ1v) is 9.79. The number of nitrogens with one attached hydrogen (secondary N) is 1. The fraction of sp³-hybridized carbons (Fsp3) is 0.600. The maximum absolute atomic E-state index is 12.7. The molecule has 3 fully saturated rings. The number of hydrogen-bond donors (Lipinski definition) is 2. The van der Waals surface area contributed by atoms with Gasteiger partial charge in [-0.3, -0.25) is 0 Å². The second-order valence-corrected chi connectivity index (χ2v) is 9.14. The minimum Gasteiger partial charge on any atom is -0.326 e. The molecule has 3 saturated carbocycles. The summed E-state index contributed by atoms with van der Waals surface area (Å²) < 4.78 is 28.9. The van der Waals surface area contributed by atoms with Crippen molar-refractivity contribution in [2.75, 3.05) is 0 Å². The fourth-order valence-electron chi connectivity index (χ4n) is 4.61. The largest absolute Gasteiger partial charge is 0.326 e. The Bertz CT molecular complexity index is 675. The van der Waals surface area contributed by atoms with Gasteiger partial charge in [-0.15, -0.1) is 0 Å². The van der Waals surface area contributed by atoms with E-state index < -0.39 is 10.0 Å². The van der Waals surface area contributed by atoms with E-state index >= 15 is 0 Å². The van der Waals surface area contributed by atoms with Crippen molar-refractivity contribution >= 4 is 26.0 Å². The van der Waals surface area contributed by atoms with Crippen molar-refractivity contribution in [1.29, 1.82) is 0 Å². The lowest BCUT2D eigenvalue weighted by atomic mass is 10.0. The molecule has 4 rings (SSSR count). The average molecular weight is 371 g/mol. The topological polar surface area (TPSA) is 72.2 Å². The van der Waals surface area contributed by atoms with Crippen molar-refractivity contribution in [1.82, 2.24) is 4.72 Å². The van der Waals surface area contributed by atoms with E-state index in [1.54, 1.807) is 12.1 Å². The highest BCUT2D eigenvalue weighted by atomic mass is 79.9. The lowest BCUT2D eigenvalue weighted by molar-refractivity contribution is 0.456. The number of sulfonamides is 1. The Morgan fingerprint density at radius 2 is 1.90 bits per heavy atom. The van der Waals surface area contributed by atoms with Gasteiger partial charge in [-0.2, -0.15) is 0 Å². The van der Waals surface area contributed by atoms with Gasteiger partial charge >= 0.3 is 0 Å². The van der Waals surface area contributed by atoms with Gasteiger partial charge in [-0.1, -0.05) is 6.07 Å². The van der Waals surface area contributed by atoms with Gasteiger partial charge in [0.25, 0.3) is 0 Å². The van der Waals surface area contributed by atoms with Gasteiger partial charge in [-0.05, 0) is 76.6 Å².